The predicted octanol–water partition coefficient (Wildman–Crippen LogP) is 13.1. The Morgan fingerprint density at radius 2 is 0.941 bits per heavy atom. The quantitative estimate of drug-likeness (QED) is 0.0385. The molecule has 0 unspecified atom stereocenters. The van der Waals surface area contributed by atoms with Gasteiger partial charge in [0.2, 0.25) is 0 Å². The highest BCUT2D eigenvalue weighted by Gasteiger charge is 2.52. The van der Waals surface area contributed by atoms with Crippen LogP contribution in [0.1, 0.15) is 194 Å². The summed E-state index contributed by atoms with van der Waals surface area (Å²) in [6.45, 7) is 4.84. The van der Waals surface area contributed by atoms with Crippen LogP contribution in [0.15, 0.2) is 48.6 Å². The number of unbranched alkanes of at least 4 members (excludes halogenated alkanes) is 18. The molecule has 1 saturated carbocycles. The van der Waals surface area contributed by atoms with Crippen LogP contribution in [0, 0.1) is 0 Å². The van der Waals surface area contributed by atoms with Gasteiger partial charge in [-0.25, -0.2) is 0 Å². The van der Waals surface area contributed by atoms with Gasteiger partial charge in [0.25, 0.3) is 0 Å². The zero-order valence-corrected chi connectivity index (χ0v) is 33.9. The van der Waals surface area contributed by atoms with Crippen molar-refractivity contribution in [3.63, 3.8) is 0 Å². The lowest BCUT2D eigenvalue weighted by Gasteiger charge is -2.30. The Labute approximate surface area is 316 Å². The van der Waals surface area contributed by atoms with Crippen molar-refractivity contribution in [1.29, 1.82) is 0 Å². The van der Waals surface area contributed by atoms with Crippen LogP contribution in [0.25, 0.3) is 0 Å². The van der Waals surface area contributed by atoms with Crippen LogP contribution in [0.4, 0.5) is 0 Å². The minimum absolute atomic E-state index is 0.0522. The first-order valence-corrected chi connectivity index (χ1v) is 21.8. The number of esters is 1. The molecule has 2 fully saturated rings. The Morgan fingerprint density at radius 3 is 1.33 bits per heavy atom. The molecule has 51 heavy (non-hydrogen) atoms. The number of hydrogen-bond acceptors (Lipinski definition) is 5. The molecule has 0 aromatic heterocycles. The number of nitrogens with zero attached hydrogens (tertiary/aromatic N) is 1. The van der Waals surface area contributed by atoms with Gasteiger partial charge in [-0.15, -0.1) is 0 Å². The van der Waals surface area contributed by atoms with Crippen LogP contribution in [0.5, 0.6) is 0 Å². The van der Waals surface area contributed by atoms with Gasteiger partial charge >= 0.3 is 5.97 Å². The molecule has 0 N–H and O–H groups in total. The molecule has 1 aliphatic heterocycles. The molecular weight excluding hydrogens is 631 g/mol. The minimum Gasteiger partial charge on any atom is -0.461 e. The number of allylic oxidation sites excluding steroid dienone is 8. The SMILES string of the molecule is CCCCC/C=C\C/C=C\CCCCCCCCC1(CCCCCCCC/C=C\C/C=C\CCCCC)O[C@H]2C[C@H](OC(=O)CN(C)C)C[C@H]2O1. The molecule has 0 radical (unpaired) electrons. The fraction of sp³-hybridized carbons (Fsp3) is 0.804. The summed E-state index contributed by atoms with van der Waals surface area (Å²) in [5.74, 6) is -0.600. The molecule has 0 bridgehead atoms. The Morgan fingerprint density at radius 1 is 0.569 bits per heavy atom. The molecule has 5 nitrogen and oxygen atoms in total. The van der Waals surface area contributed by atoms with E-state index in [4.69, 9.17) is 14.2 Å². The third-order valence-corrected chi connectivity index (χ3v) is 10.4. The molecule has 2 rings (SSSR count). The predicted molar refractivity (Wildman–Crippen MR) is 218 cm³/mol. The molecule has 5 heteroatoms. The monoisotopic (exact) mass is 712 g/mol. The fourth-order valence-electron chi connectivity index (χ4n) is 7.45. The van der Waals surface area contributed by atoms with Crippen LogP contribution < -0.4 is 0 Å². The van der Waals surface area contributed by atoms with Crippen molar-refractivity contribution < 1.29 is 19.0 Å². The van der Waals surface area contributed by atoms with E-state index in [0.29, 0.717) is 6.54 Å². The van der Waals surface area contributed by atoms with Crippen LogP contribution in [-0.4, -0.2) is 55.6 Å². The van der Waals surface area contributed by atoms with Gasteiger partial charge in [0, 0.05) is 25.7 Å². The summed E-state index contributed by atoms with van der Waals surface area (Å²) in [4.78, 5) is 14.1. The number of likely N-dealkylation sites (N-methyl/N-ethyl adjacent to an activating group) is 1. The van der Waals surface area contributed by atoms with Crippen molar-refractivity contribution in [2.45, 2.75) is 218 Å². The second-order valence-corrected chi connectivity index (χ2v) is 15.7. The highest BCUT2D eigenvalue weighted by Crippen LogP contribution is 2.44. The lowest BCUT2D eigenvalue weighted by molar-refractivity contribution is -0.197. The molecule has 294 valence electrons. The van der Waals surface area contributed by atoms with Gasteiger partial charge in [0.05, 0.1) is 18.8 Å². The first-order chi connectivity index (χ1) is 25.0. The molecule has 2 aliphatic rings. The van der Waals surface area contributed by atoms with E-state index >= 15 is 0 Å². The lowest BCUT2D eigenvalue weighted by Crippen LogP contribution is -2.33. The topological polar surface area (TPSA) is 48.0 Å². The largest absolute Gasteiger partial charge is 0.461 e. The summed E-state index contributed by atoms with van der Waals surface area (Å²) < 4.78 is 19.3. The highest BCUT2D eigenvalue weighted by molar-refractivity contribution is 5.71. The maximum atomic E-state index is 12.3. The summed E-state index contributed by atoms with van der Waals surface area (Å²) in [5, 5.41) is 0. The van der Waals surface area contributed by atoms with Crippen LogP contribution in [-0.2, 0) is 19.0 Å². The van der Waals surface area contributed by atoms with Crippen LogP contribution >= 0.6 is 0 Å². The second-order valence-electron chi connectivity index (χ2n) is 15.7. The summed E-state index contributed by atoms with van der Waals surface area (Å²) in [7, 11) is 3.79. The minimum atomic E-state index is -0.446. The Hall–Kier alpha value is -1.69. The third-order valence-electron chi connectivity index (χ3n) is 10.4. The number of carbonyl (C=O) groups excluding carboxylic acids is 1. The number of hydrogen-bond donors (Lipinski definition) is 0. The highest BCUT2D eigenvalue weighted by atomic mass is 16.8. The van der Waals surface area contributed by atoms with Gasteiger partial charge in [0.1, 0.15) is 6.10 Å². The normalized spacial score (nSPS) is 20.3. The van der Waals surface area contributed by atoms with Gasteiger partial charge in [-0.3, -0.25) is 9.69 Å². The number of carbonyl (C=O) groups is 1. The molecule has 1 saturated heterocycles. The first-order valence-electron chi connectivity index (χ1n) is 21.8. The second kappa shape index (κ2) is 30.7. The number of ether oxygens (including phenoxy) is 3. The van der Waals surface area contributed by atoms with E-state index in [0.717, 1.165) is 51.4 Å². The van der Waals surface area contributed by atoms with E-state index in [-0.39, 0.29) is 24.3 Å². The molecular formula is C46H81NO4. The van der Waals surface area contributed by atoms with Crippen LogP contribution in [0.3, 0.4) is 0 Å². The number of rotatable bonds is 33. The van der Waals surface area contributed by atoms with Crippen molar-refractivity contribution >= 4 is 5.97 Å². The smallest absolute Gasteiger partial charge is 0.320 e. The molecule has 1 aliphatic carbocycles. The molecule has 3 atom stereocenters. The zero-order chi connectivity index (χ0) is 36.7. The summed E-state index contributed by atoms with van der Waals surface area (Å²) in [6, 6.07) is 0. The average Bonchev–Trinajstić information content (AvgIpc) is 3.62. The standard InChI is InChI=1S/C46H81NO4/c1-5-7-9-11-13-15-17-19-21-23-25-27-29-31-33-35-37-46(50-43-39-42(40-44(43)51-46)49-45(48)41-47(3)4)38-36-34-32-30-28-26-24-22-20-18-16-14-12-10-8-6-2/h13-16,19-22,42-44H,5-12,17-18,23-41H2,1-4H3/b15-13-,16-14-,21-19-,22-20-/t42-,43-,44+. The fourth-order valence-corrected chi connectivity index (χ4v) is 7.45. The number of fused-ring (bicyclic) bond motifs is 1. The molecule has 0 spiro atoms. The zero-order valence-electron chi connectivity index (χ0n) is 33.9. The van der Waals surface area contributed by atoms with Crippen molar-refractivity contribution in [2.75, 3.05) is 20.6 Å². The van der Waals surface area contributed by atoms with Crippen molar-refractivity contribution in [1.82, 2.24) is 4.90 Å². The maximum absolute atomic E-state index is 12.3. The van der Waals surface area contributed by atoms with Crippen molar-refractivity contribution in [3.05, 3.63) is 48.6 Å². The van der Waals surface area contributed by atoms with Gasteiger partial charge < -0.3 is 14.2 Å². The van der Waals surface area contributed by atoms with Gasteiger partial charge in [-0.2, -0.15) is 0 Å². The third kappa shape index (κ3) is 23.6. The maximum Gasteiger partial charge on any atom is 0.320 e. The van der Waals surface area contributed by atoms with Gasteiger partial charge in [-0.05, 0) is 91.1 Å². The Balaban J connectivity index is 1.63. The average molecular weight is 712 g/mol. The Kier molecular flexibility index (Phi) is 27.4. The first kappa shape index (κ1) is 45.5. The summed E-state index contributed by atoms with van der Waals surface area (Å²) in [6.07, 6.45) is 52.5. The Bertz CT molecular complexity index is 889. The van der Waals surface area contributed by atoms with E-state index in [1.54, 1.807) is 0 Å². The van der Waals surface area contributed by atoms with Gasteiger partial charge in [0.15, 0.2) is 5.79 Å². The molecule has 0 aromatic rings. The summed E-state index contributed by atoms with van der Waals surface area (Å²) >= 11 is 0. The van der Waals surface area contributed by atoms with E-state index in [2.05, 4.69) is 62.5 Å². The van der Waals surface area contributed by atoms with Crippen LogP contribution in [0.2, 0.25) is 0 Å². The lowest BCUT2D eigenvalue weighted by atomic mass is 9.98. The van der Waals surface area contributed by atoms with Crippen molar-refractivity contribution in [2.24, 2.45) is 0 Å². The van der Waals surface area contributed by atoms with E-state index in [1.807, 2.05) is 19.0 Å². The van der Waals surface area contributed by atoms with Crippen molar-refractivity contribution in [3.8, 4) is 0 Å². The van der Waals surface area contributed by atoms with E-state index in [1.165, 1.54) is 128 Å². The summed E-state index contributed by atoms with van der Waals surface area (Å²) in [5.41, 5.74) is 0. The van der Waals surface area contributed by atoms with E-state index in [9.17, 15) is 4.79 Å². The molecule has 0 amide bonds. The van der Waals surface area contributed by atoms with Gasteiger partial charge in [-0.1, -0.05) is 140 Å². The molecule has 1 heterocycles. The van der Waals surface area contributed by atoms with E-state index < -0.39 is 5.79 Å². The molecule has 0 aromatic carbocycles.